The Kier molecular flexibility index (Phi) is 4.93. The zero-order valence-corrected chi connectivity index (χ0v) is 12.2. The van der Waals surface area contributed by atoms with E-state index >= 15 is 0 Å². The van der Waals surface area contributed by atoms with Crippen molar-refractivity contribution in [3.8, 4) is 5.75 Å². The van der Waals surface area contributed by atoms with Gasteiger partial charge in [-0.1, -0.05) is 34.1 Å². The fraction of sp³-hybridized carbons (Fsp3) is 0.200. The van der Waals surface area contributed by atoms with Gasteiger partial charge in [-0.25, -0.2) is 4.39 Å². The molecule has 100 valence electrons. The Hall–Kier alpha value is -1.39. The zero-order chi connectivity index (χ0) is 13.7. The summed E-state index contributed by atoms with van der Waals surface area (Å²) in [6, 6.07) is 12.5. The SMILES string of the molecule is COc1ccccc1CNCc1cc(F)ccc1Br. The van der Waals surface area contributed by atoms with E-state index in [4.69, 9.17) is 4.74 Å². The predicted octanol–water partition coefficient (Wildman–Crippen LogP) is 3.89. The molecular weight excluding hydrogens is 309 g/mol. The highest BCUT2D eigenvalue weighted by Gasteiger charge is 2.04. The molecule has 2 aromatic rings. The van der Waals surface area contributed by atoms with Crippen molar-refractivity contribution >= 4 is 15.9 Å². The van der Waals surface area contributed by atoms with Gasteiger partial charge in [0.15, 0.2) is 0 Å². The quantitative estimate of drug-likeness (QED) is 0.901. The molecule has 0 unspecified atom stereocenters. The molecule has 1 N–H and O–H groups in total. The molecule has 0 spiro atoms. The third-order valence-electron chi connectivity index (χ3n) is 2.83. The van der Waals surface area contributed by atoms with Crippen LogP contribution >= 0.6 is 15.9 Å². The van der Waals surface area contributed by atoms with Crippen molar-refractivity contribution in [3.05, 3.63) is 63.9 Å². The largest absolute Gasteiger partial charge is 0.496 e. The van der Waals surface area contributed by atoms with Gasteiger partial charge in [0.05, 0.1) is 7.11 Å². The second-order valence-electron chi connectivity index (χ2n) is 4.15. The van der Waals surface area contributed by atoms with Crippen molar-refractivity contribution in [2.75, 3.05) is 7.11 Å². The number of benzene rings is 2. The number of ether oxygens (including phenoxy) is 1. The molecule has 0 heterocycles. The summed E-state index contributed by atoms with van der Waals surface area (Å²) in [5.41, 5.74) is 1.98. The average molecular weight is 324 g/mol. The van der Waals surface area contributed by atoms with Crippen LogP contribution in [-0.4, -0.2) is 7.11 Å². The molecule has 4 heteroatoms. The molecule has 0 aromatic heterocycles. The van der Waals surface area contributed by atoms with Gasteiger partial charge in [-0.15, -0.1) is 0 Å². The normalized spacial score (nSPS) is 10.5. The number of halogens is 2. The van der Waals surface area contributed by atoms with E-state index in [0.29, 0.717) is 13.1 Å². The molecule has 19 heavy (non-hydrogen) atoms. The van der Waals surface area contributed by atoms with Gasteiger partial charge in [-0.05, 0) is 29.8 Å². The van der Waals surface area contributed by atoms with Crippen LogP contribution in [0.2, 0.25) is 0 Å². The van der Waals surface area contributed by atoms with Crippen LogP contribution in [0.1, 0.15) is 11.1 Å². The lowest BCUT2D eigenvalue weighted by molar-refractivity contribution is 0.407. The van der Waals surface area contributed by atoms with E-state index in [1.54, 1.807) is 13.2 Å². The Morgan fingerprint density at radius 3 is 2.63 bits per heavy atom. The first-order valence-electron chi connectivity index (χ1n) is 5.97. The van der Waals surface area contributed by atoms with Gasteiger partial charge in [0, 0.05) is 23.1 Å². The molecule has 0 bridgehead atoms. The minimum atomic E-state index is -0.225. The molecule has 2 rings (SSSR count). The van der Waals surface area contributed by atoms with Gasteiger partial charge in [0.25, 0.3) is 0 Å². The first kappa shape index (κ1) is 14.0. The van der Waals surface area contributed by atoms with E-state index in [9.17, 15) is 4.39 Å². The minimum Gasteiger partial charge on any atom is -0.496 e. The zero-order valence-electron chi connectivity index (χ0n) is 10.6. The van der Waals surface area contributed by atoms with Crippen molar-refractivity contribution in [1.82, 2.24) is 5.32 Å². The summed E-state index contributed by atoms with van der Waals surface area (Å²) in [5, 5.41) is 3.28. The summed E-state index contributed by atoms with van der Waals surface area (Å²) in [7, 11) is 1.65. The molecule has 0 atom stereocenters. The van der Waals surface area contributed by atoms with E-state index in [2.05, 4.69) is 21.2 Å². The third-order valence-corrected chi connectivity index (χ3v) is 3.60. The third kappa shape index (κ3) is 3.78. The molecule has 0 radical (unpaired) electrons. The van der Waals surface area contributed by atoms with E-state index in [1.807, 2.05) is 24.3 Å². The van der Waals surface area contributed by atoms with Crippen LogP contribution in [0.4, 0.5) is 4.39 Å². The summed E-state index contributed by atoms with van der Waals surface area (Å²) in [4.78, 5) is 0. The maximum atomic E-state index is 13.1. The van der Waals surface area contributed by atoms with Crippen LogP contribution < -0.4 is 10.1 Å². The molecule has 0 amide bonds. The fourth-order valence-electron chi connectivity index (χ4n) is 1.86. The standard InChI is InChI=1S/C15H15BrFNO/c1-19-15-5-3-2-4-11(15)9-18-10-12-8-13(17)6-7-14(12)16/h2-8,18H,9-10H2,1H3. The fourth-order valence-corrected chi connectivity index (χ4v) is 2.25. The summed E-state index contributed by atoms with van der Waals surface area (Å²) < 4.78 is 19.3. The van der Waals surface area contributed by atoms with E-state index in [-0.39, 0.29) is 5.82 Å². The van der Waals surface area contributed by atoms with E-state index < -0.39 is 0 Å². The lowest BCUT2D eigenvalue weighted by Crippen LogP contribution is -2.13. The molecule has 0 aliphatic carbocycles. The molecule has 0 saturated heterocycles. The van der Waals surface area contributed by atoms with Gasteiger partial charge in [-0.3, -0.25) is 0 Å². The first-order chi connectivity index (χ1) is 9.20. The number of rotatable bonds is 5. The monoisotopic (exact) mass is 323 g/mol. The molecule has 0 aliphatic rings. The molecule has 2 aromatic carbocycles. The average Bonchev–Trinajstić information content (AvgIpc) is 2.43. The predicted molar refractivity (Wildman–Crippen MR) is 77.6 cm³/mol. The van der Waals surface area contributed by atoms with Crippen molar-refractivity contribution in [3.63, 3.8) is 0 Å². The van der Waals surface area contributed by atoms with Gasteiger partial charge < -0.3 is 10.1 Å². The number of methoxy groups -OCH3 is 1. The lowest BCUT2D eigenvalue weighted by atomic mass is 10.2. The van der Waals surface area contributed by atoms with Crippen molar-refractivity contribution in [2.45, 2.75) is 13.1 Å². The summed E-state index contributed by atoms with van der Waals surface area (Å²) in [6.07, 6.45) is 0. The van der Waals surface area contributed by atoms with Crippen molar-refractivity contribution in [1.29, 1.82) is 0 Å². The van der Waals surface area contributed by atoms with E-state index in [1.165, 1.54) is 12.1 Å². The Labute approximate surface area is 120 Å². The van der Waals surface area contributed by atoms with Gasteiger partial charge in [0.2, 0.25) is 0 Å². The highest BCUT2D eigenvalue weighted by atomic mass is 79.9. The Balaban J connectivity index is 1.98. The van der Waals surface area contributed by atoms with Gasteiger partial charge in [-0.2, -0.15) is 0 Å². The molecule has 0 aliphatic heterocycles. The smallest absolute Gasteiger partial charge is 0.123 e. The number of hydrogen-bond donors (Lipinski definition) is 1. The highest BCUT2D eigenvalue weighted by Crippen LogP contribution is 2.19. The lowest BCUT2D eigenvalue weighted by Gasteiger charge is -2.10. The van der Waals surface area contributed by atoms with Crippen molar-refractivity contribution in [2.24, 2.45) is 0 Å². The van der Waals surface area contributed by atoms with Gasteiger partial charge in [0.1, 0.15) is 11.6 Å². The molecular formula is C15H15BrFNO. The Morgan fingerprint density at radius 1 is 1.11 bits per heavy atom. The second-order valence-corrected chi connectivity index (χ2v) is 5.01. The summed E-state index contributed by atoms with van der Waals surface area (Å²) >= 11 is 3.41. The van der Waals surface area contributed by atoms with Crippen LogP contribution in [0.5, 0.6) is 5.75 Å². The highest BCUT2D eigenvalue weighted by molar-refractivity contribution is 9.10. The maximum Gasteiger partial charge on any atom is 0.123 e. The number of nitrogens with one attached hydrogen (secondary N) is 1. The summed E-state index contributed by atoms with van der Waals surface area (Å²) in [6.45, 7) is 1.27. The molecule has 0 fully saturated rings. The summed E-state index contributed by atoms with van der Waals surface area (Å²) in [5.74, 6) is 0.630. The number of para-hydroxylation sites is 1. The van der Waals surface area contributed by atoms with Crippen LogP contribution in [0.3, 0.4) is 0 Å². The first-order valence-corrected chi connectivity index (χ1v) is 6.76. The van der Waals surface area contributed by atoms with E-state index in [0.717, 1.165) is 21.3 Å². The van der Waals surface area contributed by atoms with Crippen LogP contribution in [0.25, 0.3) is 0 Å². The Bertz CT molecular complexity index is 560. The molecule has 2 nitrogen and oxygen atoms in total. The van der Waals surface area contributed by atoms with Crippen LogP contribution in [0, 0.1) is 5.82 Å². The minimum absolute atomic E-state index is 0.225. The topological polar surface area (TPSA) is 21.3 Å². The maximum absolute atomic E-state index is 13.1. The number of hydrogen-bond acceptors (Lipinski definition) is 2. The molecule has 0 saturated carbocycles. The van der Waals surface area contributed by atoms with Crippen LogP contribution in [-0.2, 0) is 13.1 Å². The van der Waals surface area contributed by atoms with Gasteiger partial charge >= 0.3 is 0 Å². The van der Waals surface area contributed by atoms with Crippen molar-refractivity contribution < 1.29 is 9.13 Å². The second kappa shape index (κ2) is 6.68. The Morgan fingerprint density at radius 2 is 1.84 bits per heavy atom. The van der Waals surface area contributed by atoms with Crippen LogP contribution in [0.15, 0.2) is 46.9 Å².